The predicted molar refractivity (Wildman–Crippen MR) is 216 cm³/mol. The number of allylic oxidation sites excluding steroid dienone is 2. The average Bonchev–Trinajstić information content (AvgIpc) is 3.39. The number of benzene rings is 7. The van der Waals surface area contributed by atoms with Gasteiger partial charge >= 0.3 is 0 Å². The zero-order valence-corrected chi connectivity index (χ0v) is 29.0. The maximum Gasteiger partial charge on any atom is 0.0611 e. The molecule has 0 saturated heterocycles. The molecular weight excluding hydrogens is 605 g/mol. The molecule has 0 amide bonds. The molecule has 0 saturated carbocycles. The summed E-state index contributed by atoms with van der Waals surface area (Å²) >= 11 is 0. The van der Waals surface area contributed by atoms with Crippen LogP contribution in [0.4, 0.5) is 5.69 Å². The number of rotatable bonds is 6. The Hall–Kier alpha value is -6.12. The van der Waals surface area contributed by atoms with E-state index in [4.69, 9.17) is 5.73 Å². The zero-order chi connectivity index (χ0) is 34.8. The van der Waals surface area contributed by atoms with E-state index in [1.165, 1.54) is 71.6 Å². The van der Waals surface area contributed by atoms with Crippen LogP contribution in [0.5, 0.6) is 0 Å². The molecule has 0 radical (unpaired) electrons. The van der Waals surface area contributed by atoms with E-state index in [0.717, 1.165) is 11.4 Å². The normalized spacial score (nSPS) is 13.0. The summed E-state index contributed by atoms with van der Waals surface area (Å²) in [4.78, 5) is 0. The Morgan fingerprint density at radius 1 is 0.560 bits per heavy atom. The molecule has 0 atom stereocenters. The van der Waals surface area contributed by atoms with Gasteiger partial charge in [-0.15, -0.1) is 0 Å². The molecule has 7 aromatic carbocycles. The molecular formula is C48H42N2. The lowest BCUT2D eigenvalue weighted by Gasteiger charge is -2.23. The highest BCUT2D eigenvalue weighted by Crippen LogP contribution is 2.52. The molecule has 0 aliphatic heterocycles. The van der Waals surface area contributed by atoms with Gasteiger partial charge in [0.2, 0.25) is 0 Å². The monoisotopic (exact) mass is 646 g/mol. The van der Waals surface area contributed by atoms with Gasteiger partial charge in [-0.3, -0.25) is 0 Å². The van der Waals surface area contributed by atoms with E-state index in [1.807, 2.05) is 30.3 Å². The molecule has 1 aliphatic carbocycles. The summed E-state index contributed by atoms with van der Waals surface area (Å²) in [6, 6.07) is 52.3. The van der Waals surface area contributed by atoms with Crippen molar-refractivity contribution in [2.45, 2.75) is 26.2 Å². The van der Waals surface area contributed by atoms with Crippen LogP contribution >= 0.6 is 0 Å². The Morgan fingerprint density at radius 3 is 1.90 bits per heavy atom. The number of aryl methyl sites for hydroxylation is 1. The highest BCUT2D eigenvalue weighted by molar-refractivity contribution is 6.16. The van der Waals surface area contributed by atoms with Crippen LogP contribution < -0.4 is 11.1 Å². The molecule has 0 spiro atoms. The fourth-order valence-electron chi connectivity index (χ4n) is 7.41. The summed E-state index contributed by atoms with van der Waals surface area (Å²) in [5.74, 6) is 0. The van der Waals surface area contributed by atoms with E-state index >= 15 is 0 Å². The first-order valence-corrected chi connectivity index (χ1v) is 17.1. The van der Waals surface area contributed by atoms with E-state index < -0.39 is 0 Å². The first-order valence-electron chi connectivity index (χ1n) is 17.1. The maximum absolute atomic E-state index is 5.70. The first-order chi connectivity index (χ1) is 24.3. The van der Waals surface area contributed by atoms with Gasteiger partial charge in [-0.2, -0.15) is 0 Å². The Bertz CT molecular complexity index is 2410. The van der Waals surface area contributed by atoms with Gasteiger partial charge in [-0.05, 0) is 121 Å². The van der Waals surface area contributed by atoms with Crippen LogP contribution in [0.1, 0.15) is 30.5 Å². The molecule has 50 heavy (non-hydrogen) atoms. The van der Waals surface area contributed by atoms with Crippen molar-refractivity contribution in [2.24, 2.45) is 5.73 Å². The second-order valence-corrected chi connectivity index (χ2v) is 13.4. The Balaban J connectivity index is 0.000000237. The smallest absolute Gasteiger partial charge is 0.0611 e. The second-order valence-electron chi connectivity index (χ2n) is 13.4. The molecule has 0 heterocycles. The Morgan fingerprint density at radius 2 is 1.18 bits per heavy atom. The number of hydrogen-bond donors (Lipinski definition) is 2. The standard InChI is InChI=1S/C36H28.C12H14N2/c1-23-27-16-7-8-18-29(27)35(26-15-11-14-25(20-26)24-12-5-4-6-13-24)32-21-31-28-17-9-10-19-33(28)36(2,3)34(31)22-30(23)32;1-3-11(13)12(4-2)14-10-8-6-5-7-9-10/h4-22H,1-3H3;3-9,14H,1-2,13H2/b;12-11-. The van der Waals surface area contributed by atoms with Crippen molar-refractivity contribution in [3.05, 3.63) is 199 Å². The molecule has 1 aliphatic rings. The Labute approximate surface area is 295 Å². The van der Waals surface area contributed by atoms with E-state index in [9.17, 15) is 0 Å². The van der Waals surface area contributed by atoms with Crippen LogP contribution in [0.3, 0.4) is 0 Å². The minimum absolute atomic E-state index is 0.00834. The van der Waals surface area contributed by atoms with Crippen LogP contribution in [-0.4, -0.2) is 0 Å². The van der Waals surface area contributed by atoms with Gasteiger partial charge in [-0.1, -0.05) is 142 Å². The first kappa shape index (κ1) is 32.4. The van der Waals surface area contributed by atoms with Gasteiger partial charge < -0.3 is 11.1 Å². The van der Waals surface area contributed by atoms with Crippen molar-refractivity contribution in [1.29, 1.82) is 0 Å². The van der Waals surface area contributed by atoms with Crippen molar-refractivity contribution >= 4 is 27.2 Å². The summed E-state index contributed by atoms with van der Waals surface area (Å²) < 4.78 is 0. The zero-order valence-electron chi connectivity index (χ0n) is 29.0. The van der Waals surface area contributed by atoms with E-state index in [0.29, 0.717) is 5.70 Å². The maximum atomic E-state index is 5.70. The van der Waals surface area contributed by atoms with Crippen molar-refractivity contribution in [3.8, 4) is 33.4 Å². The van der Waals surface area contributed by atoms with Gasteiger partial charge in [0, 0.05) is 11.1 Å². The fourth-order valence-corrected chi connectivity index (χ4v) is 7.41. The van der Waals surface area contributed by atoms with Gasteiger partial charge in [-0.25, -0.2) is 0 Å². The number of hydrogen-bond acceptors (Lipinski definition) is 2. The highest BCUT2D eigenvalue weighted by Gasteiger charge is 2.35. The lowest BCUT2D eigenvalue weighted by molar-refractivity contribution is 0.661. The van der Waals surface area contributed by atoms with Crippen LogP contribution in [0.15, 0.2) is 182 Å². The highest BCUT2D eigenvalue weighted by atomic mass is 14.9. The molecule has 7 aromatic rings. The molecule has 8 rings (SSSR count). The SMILES string of the molecule is C=C/C(N)=C(\C=C)Nc1ccccc1.Cc1c2ccccc2c(-c2cccc(-c3ccccc3)c2)c2cc3c(cc12)C(C)(C)c1ccccc1-3. The number of anilines is 1. The van der Waals surface area contributed by atoms with Crippen LogP contribution in [0, 0.1) is 6.92 Å². The molecule has 0 fully saturated rings. The largest absolute Gasteiger partial charge is 0.397 e. The van der Waals surface area contributed by atoms with Gasteiger partial charge in [0.15, 0.2) is 0 Å². The topological polar surface area (TPSA) is 38.0 Å². The van der Waals surface area contributed by atoms with Crippen LogP contribution in [0.25, 0.3) is 54.9 Å². The molecule has 0 unspecified atom stereocenters. The summed E-state index contributed by atoms with van der Waals surface area (Å²) in [6.45, 7) is 14.3. The Kier molecular flexibility index (Phi) is 8.70. The quantitative estimate of drug-likeness (QED) is 0.139. The molecule has 0 aromatic heterocycles. The summed E-state index contributed by atoms with van der Waals surface area (Å²) in [5.41, 5.74) is 20.1. The van der Waals surface area contributed by atoms with Gasteiger partial charge in [0.25, 0.3) is 0 Å². The summed E-state index contributed by atoms with van der Waals surface area (Å²) in [6.07, 6.45) is 3.26. The number of para-hydroxylation sites is 1. The minimum atomic E-state index is -0.00834. The minimum Gasteiger partial charge on any atom is -0.397 e. The number of nitrogens with two attached hydrogens (primary N) is 1. The molecule has 244 valence electrons. The van der Waals surface area contributed by atoms with Crippen molar-refractivity contribution < 1.29 is 0 Å². The third-order valence-electron chi connectivity index (χ3n) is 10.0. The van der Waals surface area contributed by atoms with Crippen LogP contribution in [0.2, 0.25) is 0 Å². The number of fused-ring (bicyclic) bond motifs is 5. The van der Waals surface area contributed by atoms with E-state index in [-0.39, 0.29) is 5.41 Å². The van der Waals surface area contributed by atoms with Crippen LogP contribution in [-0.2, 0) is 5.41 Å². The predicted octanol–water partition coefficient (Wildman–Crippen LogP) is 12.6. The van der Waals surface area contributed by atoms with Crippen molar-refractivity contribution in [1.82, 2.24) is 0 Å². The fraction of sp³-hybridized carbons (Fsp3) is 0.0833. The molecule has 2 nitrogen and oxygen atoms in total. The number of nitrogens with one attached hydrogen (secondary N) is 1. The molecule has 0 bridgehead atoms. The van der Waals surface area contributed by atoms with Crippen molar-refractivity contribution in [2.75, 3.05) is 5.32 Å². The van der Waals surface area contributed by atoms with E-state index in [2.05, 4.69) is 155 Å². The average molecular weight is 647 g/mol. The lowest BCUT2D eigenvalue weighted by Crippen LogP contribution is -2.14. The molecule has 3 N–H and O–H groups in total. The van der Waals surface area contributed by atoms with Gasteiger partial charge in [0.1, 0.15) is 0 Å². The summed E-state index contributed by atoms with van der Waals surface area (Å²) in [5, 5.41) is 8.49. The van der Waals surface area contributed by atoms with E-state index in [1.54, 1.807) is 12.2 Å². The third-order valence-corrected chi connectivity index (χ3v) is 10.0. The van der Waals surface area contributed by atoms with Crippen molar-refractivity contribution in [3.63, 3.8) is 0 Å². The lowest BCUT2D eigenvalue weighted by atomic mass is 9.80. The third kappa shape index (κ3) is 5.80. The van der Waals surface area contributed by atoms with Gasteiger partial charge in [0.05, 0.1) is 11.4 Å². The summed E-state index contributed by atoms with van der Waals surface area (Å²) in [7, 11) is 0. The molecule has 2 heteroatoms. The second kappa shape index (κ2) is 13.4.